The molecule has 13 heavy (non-hydrogen) atoms. The number of carbonyl (C=O) groups excluding carboxylic acids is 1. The summed E-state index contributed by atoms with van der Waals surface area (Å²) in [5.41, 5.74) is 0.591. The summed E-state index contributed by atoms with van der Waals surface area (Å²) < 4.78 is 0. The largest absolute Gasteiger partial charge is 0.352 e. The van der Waals surface area contributed by atoms with Gasteiger partial charge >= 0.3 is 0 Å². The van der Waals surface area contributed by atoms with Gasteiger partial charge in [0.05, 0.1) is 0 Å². The van der Waals surface area contributed by atoms with Crippen LogP contribution in [0.25, 0.3) is 0 Å². The first-order valence-corrected chi connectivity index (χ1v) is 8.47. The highest BCUT2D eigenvalue weighted by molar-refractivity contribution is 6.76. The topological polar surface area (TPSA) is 29.1 Å². The van der Waals surface area contributed by atoms with Gasteiger partial charge in [-0.2, -0.15) is 0 Å². The molecule has 0 spiro atoms. The zero-order chi connectivity index (χ0) is 10.5. The molecule has 0 saturated carbocycles. The molecule has 1 N–H and O–H groups in total. The molecule has 0 heterocycles. The molecule has 76 valence electrons. The van der Waals surface area contributed by atoms with Crippen LogP contribution >= 0.6 is 0 Å². The summed E-state index contributed by atoms with van der Waals surface area (Å²) in [7, 11) is -0.930. The van der Waals surface area contributed by atoms with Crippen molar-refractivity contribution < 1.29 is 4.79 Å². The Kier molecular flexibility index (Phi) is 4.99. The number of carbonyl (C=O) groups is 1. The second-order valence-electron chi connectivity index (χ2n) is 4.70. The monoisotopic (exact) mass is 199 g/mol. The number of nitrogens with one attached hydrogen (secondary N) is 1. The molecule has 3 heteroatoms. The molecule has 0 aliphatic carbocycles. The molecular formula is C10H21NOSi. The highest BCUT2D eigenvalue weighted by Gasteiger charge is 2.11. The molecule has 0 aromatic heterocycles. The van der Waals surface area contributed by atoms with Gasteiger partial charge in [0.2, 0.25) is 5.91 Å². The predicted octanol–water partition coefficient (Wildman–Crippen LogP) is 2.41. The zero-order valence-corrected chi connectivity index (χ0v) is 10.2. The van der Waals surface area contributed by atoms with Crippen LogP contribution in [0.4, 0.5) is 0 Å². The third-order valence-corrected chi connectivity index (χ3v) is 3.63. The minimum atomic E-state index is -0.930. The van der Waals surface area contributed by atoms with Crippen molar-refractivity contribution in [3.63, 3.8) is 0 Å². The standard InChI is InChI=1S/C10H21NOSi/c1-9(2)10(12)11-7-6-8-13(3,4)5/h1,6-8H2,2-5H3,(H,11,12). The zero-order valence-electron chi connectivity index (χ0n) is 9.24. The first-order chi connectivity index (χ1) is 5.83. The van der Waals surface area contributed by atoms with Crippen molar-refractivity contribution in [2.24, 2.45) is 0 Å². The maximum atomic E-state index is 11.1. The van der Waals surface area contributed by atoms with Gasteiger partial charge < -0.3 is 5.32 Å². The summed E-state index contributed by atoms with van der Waals surface area (Å²) >= 11 is 0. The molecule has 0 aliphatic heterocycles. The minimum Gasteiger partial charge on any atom is -0.352 e. The molecule has 0 radical (unpaired) electrons. The van der Waals surface area contributed by atoms with Gasteiger partial charge in [0.25, 0.3) is 0 Å². The number of hydrogen-bond donors (Lipinski definition) is 1. The first-order valence-electron chi connectivity index (χ1n) is 4.76. The Morgan fingerprint density at radius 1 is 1.38 bits per heavy atom. The van der Waals surface area contributed by atoms with Crippen LogP contribution in [-0.2, 0) is 4.79 Å². The van der Waals surface area contributed by atoms with Crippen molar-refractivity contribution in [2.45, 2.75) is 39.0 Å². The summed E-state index contributed by atoms with van der Waals surface area (Å²) in [5.74, 6) is -0.0180. The number of amides is 1. The van der Waals surface area contributed by atoms with E-state index in [1.807, 2.05) is 0 Å². The Labute approximate surface area is 82.4 Å². The van der Waals surface area contributed by atoms with E-state index in [-0.39, 0.29) is 5.91 Å². The van der Waals surface area contributed by atoms with Crippen molar-refractivity contribution in [3.8, 4) is 0 Å². The van der Waals surface area contributed by atoms with Gasteiger partial charge in [0.15, 0.2) is 0 Å². The predicted molar refractivity (Wildman–Crippen MR) is 60.6 cm³/mol. The van der Waals surface area contributed by atoms with Gasteiger partial charge in [-0.15, -0.1) is 0 Å². The van der Waals surface area contributed by atoms with Crippen molar-refractivity contribution in [2.75, 3.05) is 6.54 Å². The van der Waals surface area contributed by atoms with E-state index in [4.69, 9.17) is 0 Å². The molecule has 0 fully saturated rings. The van der Waals surface area contributed by atoms with Crippen molar-refractivity contribution in [3.05, 3.63) is 12.2 Å². The Bertz CT molecular complexity index is 194. The molecule has 0 atom stereocenters. The second kappa shape index (κ2) is 5.22. The molecule has 0 rings (SSSR count). The van der Waals surface area contributed by atoms with Crippen molar-refractivity contribution >= 4 is 14.0 Å². The van der Waals surface area contributed by atoms with E-state index in [1.165, 1.54) is 6.04 Å². The molecule has 0 bridgehead atoms. The van der Waals surface area contributed by atoms with Crippen LogP contribution in [0.1, 0.15) is 13.3 Å². The molecule has 0 unspecified atom stereocenters. The average Bonchev–Trinajstić information content (AvgIpc) is 1.95. The van der Waals surface area contributed by atoms with Gasteiger partial charge in [-0.3, -0.25) is 4.79 Å². The SMILES string of the molecule is C=C(C)C(=O)NCCC[Si](C)(C)C. The van der Waals surface area contributed by atoms with Crippen molar-refractivity contribution in [1.82, 2.24) is 5.32 Å². The van der Waals surface area contributed by atoms with Crippen LogP contribution in [0.2, 0.25) is 25.7 Å². The first kappa shape index (κ1) is 12.4. The van der Waals surface area contributed by atoms with E-state index < -0.39 is 8.07 Å². The highest BCUT2D eigenvalue weighted by atomic mass is 28.3. The second-order valence-corrected chi connectivity index (χ2v) is 10.3. The maximum absolute atomic E-state index is 11.1. The summed E-state index contributed by atoms with van der Waals surface area (Å²) in [6.07, 6.45) is 1.09. The van der Waals surface area contributed by atoms with E-state index in [1.54, 1.807) is 6.92 Å². The number of hydrogen-bond acceptors (Lipinski definition) is 1. The maximum Gasteiger partial charge on any atom is 0.246 e. The lowest BCUT2D eigenvalue weighted by atomic mass is 10.3. The van der Waals surface area contributed by atoms with Gasteiger partial charge in [0.1, 0.15) is 0 Å². The third kappa shape index (κ3) is 7.78. The van der Waals surface area contributed by atoms with E-state index in [0.717, 1.165) is 13.0 Å². The highest BCUT2D eigenvalue weighted by Crippen LogP contribution is 2.09. The molecule has 2 nitrogen and oxygen atoms in total. The minimum absolute atomic E-state index is 0.0180. The van der Waals surface area contributed by atoms with Crippen molar-refractivity contribution in [1.29, 1.82) is 0 Å². The third-order valence-electron chi connectivity index (χ3n) is 1.78. The normalized spacial score (nSPS) is 11.1. The van der Waals surface area contributed by atoms with Crippen LogP contribution in [0.5, 0.6) is 0 Å². The fourth-order valence-corrected chi connectivity index (χ4v) is 2.21. The smallest absolute Gasteiger partial charge is 0.246 e. The van der Waals surface area contributed by atoms with E-state index in [9.17, 15) is 4.79 Å². The van der Waals surface area contributed by atoms with E-state index in [2.05, 4.69) is 31.5 Å². The van der Waals surface area contributed by atoms with Gasteiger partial charge in [-0.25, -0.2) is 0 Å². The Morgan fingerprint density at radius 2 is 1.92 bits per heavy atom. The summed E-state index contributed by atoms with van der Waals surface area (Å²) in [6, 6.07) is 1.27. The number of rotatable bonds is 5. The lowest BCUT2D eigenvalue weighted by Gasteiger charge is -2.15. The molecule has 0 saturated heterocycles. The fraction of sp³-hybridized carbons (Fsp3) is 0.700. The van der Waals surface area contributed by atoms with Crippen LogP contribution in [-0.4, -0.2) is 20.5 Å². The quantitative estimate of drug-likeness (QED) is 0.411. The molecule has 0 aromatic carbocycles. The summed E-state index contributed by atoms with van der Waals surface area (Å²) in [6.45, 7) is 13.1. The lowest BCUT2D eigenvalue weighted by molar-refractivity contribution is -0.117. The molecule has 0 aliphatic rings. The lowest BCUT2D eigenvalue weighted by Crippen LogP contribution is -2.27. The Hall–Kier alpha value is -0.573. The van der Waals surface area contributed by atoms with Gasteiger partial charge in [-0.05, 0) is 13.3 Å². The molecule has 0 aromatic rings. The van der Waals surface area contributed by atoms with Crippen LogP contribution in [0, 0.1) is 0 Å². The fourth-order valence-electron chi connectivity index (χ4n) is 0.972. The summed E-state index contributed by atoms with van der Waals surface area (Å²) in [4.78, 5) is 11.1. The Morgan fingerprint density at radius 3 is 2.31 bits per heavy atom. The van der Waals surface area contributed by atoms with Gasteiger partial charge in [0, 0.05) is 20.2 Å². The van der Waals surface area contributed by atoms with E-state index in [0.29, 0.717) is 5.57 Å². The van der Waals surface area contributed by atoms with Crippen LogP contribution in [0.15, 0.2) is 12.2 Å². The van der Waals surface area contributed by atoms with Crippen LogP contribution < -0.4 is 5.32 Å². The van der Waals surface area contributed by atoms with E-state index >= 15 is 0 Å². The molecule has 1 amide bonds. The average molecular weight is 199 g/mol. The van der Waals surface area contributed by atoms with Crippen LogP contribution in [0.3, 0.4) is 0 Å². The summed E-state index contributed by atoms with van der Waals surface area (Å²) in [5, 5.41) is 2.84. The molecular weight excluding hydrogens is 178 g/mol. The Balaban J connectivity index is 3.47. The van der Waals surface area contributed by atoms with Gasteiger partial charge in [-0.1, -0.05) is 32.3 Å².